The molecular formula is C20H24N2O2S. The van der Waals surface area contributed by atoms with E-state index in [2.05, 4.69) is 16.3 Å². The van der Waals surface area contributed by atoms with E-state index in [0.717, 1.165) is 41.3 Å². The standard InChI is InChI=1S/C20H24N2O2S/c1-24-19-9-4-3-6-15(19)13-22(17-10-11-17)14-20(23)21-16-7-5-8-18(12-16)25-2/h3-9,12,17H,10-11,13-14H2,1-2H3,(H,21,23). The van der Waals surface area contributed by atoms with Gasteiger partial charge in [-0.15, -0.1) is 11.8 Å². The number of nitrogens with one attached hydrogen (secondary N) is 1. The number of rotatable bonds is 8. The molecule has 1 N–H and O–H groups in total. The maximum atomic E-state index is 12.5. The number of benzene rings is 2. The van der Waals surface area contributed by atoms with Gasteiger partial charge >= 0.3 is 0 Å². The maximum absolute atomic E-state index is 12.5. The molecule has 2 aromatic carbocycles. The Balaban J connectivity index is 1.64. The van der Waals surface area contributed by atoms with Crippen molar-refractivity contribution in [3.8, 4) is 5.75 Å². The molecule has 0 aliphatic heterocycles. The number of methoxy groups -OCH3 is 1. The predicted octanol–water partition coefficient (Wildman–Crippen LogP) is 4.02. The topological polar surface area (TPSA) is 41.6 Å². The average molecular weight is 356 g/mol. The number of anilines is 1. The van der Waals surface area contributed by atoms with Crippen molar-refractivity contribution < 1.29 is 9.53 Å². The number of amides is 1. The minimum atomic E-state index is 0.0278. The van der Waals surface area contributed by atoms with Gasteiger partial charge in [0, 0.05) is 28.7 Å². The molecule has 25 heavy (non-hydrogen) atoms. The van der Waals surface area contributed by atoms with Crippen LogP contribution in [0.2, 0.25) is 0 Å². The molecule has 3 rings (SSSR count). The van der Waals surface area contributed by atoms with Crippen molar-refractivity contribution in [2.24, 2.45) is 0 Å². The third-order valence-corrected chi connectivity index (χ3v) is 5.05. The fourth-order valence-corrected chi connectivity index (χ4v) is 3.35. The van der Waals surface area contributed by atoms with E-state index in [9.17, 15) is 4.79 Å². The highest BCUT2D eigenvalue weighted by atomic mass is 32.2. The van der Waals surface area contributed by atoms with Crippen molar-refractivity contribution in [1.82, 2.24) is 4.90 Å². The van der Waals surface area contributed by atoms with Crippen LogP contribution in [0.4, 0.5) is 5.69 Å². The van der Waals surface area contributed by atoms with Gasteiger partial charge in [0.25, 0.3) is 0 Å². The zero-order chi connectivity index (χ0) is 17.6. The van der Waals surface area contributed by atoms with Crippen LogP contribution in [0.1, 0.15) is 18.4 Å². The molecule has 0 atom stereocenters. The summed E-state index contributed by atoms with van der Waals surface area (Å²) in [5.74, 6) is 0.904. The number of carbonyl (C=O) groups excluding carboxylic acids is 1. The largest absolute Gasteiger partial charge is 0.496 e. The Bertz CT molecular complexity index is 731. The summed E-state index contributed by atoms with van der Waals surface area (Å²) in [5, 5.41) is 3.02. The molecule has 0 saturated heterocycles. The third-order valence-electron chi connectivity index (χ3n) is 4.33. The van der Waals surface area contributed by atoms with Crippen LogP contribution >= 0.6 is 11.8 Å². The molecule has 0 bridgehead atoms. The van der Waals surface area contributed by atoms with Crippen molar-refractivity contribution in [3.05, 3.63) is 54.1 Å². The first-order valence-electron chi connectivity index (χ1n) is 8.49. The zero-order valence-corrected chi connectivity index (χ0v) is 15.5. The summed E-state index contributed by atoms with van der Waals surface area (Å²) >= 11 is 1.67. The number of carbonyl (C=O) groups is 1. The summed E-state index contributed by atoms with van der Waals surface area (Å²) in [6.45, 7) is 1.12. The van der Waals surface area contributed by atoms with Crippen LogP contribution < -0.4 is 10.1 Å². The maximum Gasteiger partial charge on any atom is 0.238 e. The summed E-state index contributed by atoms with van der Waals surface area (Å²) in [5.41, 5.74) is 1.97. The van der Waals surface area contributed by atoms with E-state index in [1.165, 1.54) is 0 Å². The molecule has 2 aromatic rings. The van der Waals surface area contributed by atoms with Gasteiger partial charge in [0.1, 0.15) is 5.75 Å². The second-order valence-electron chi connectivity index (χ2n) is 6.23. The van der Waals surface area contributed by atoms with Crippen LogP contribution in [0.15, 0.2) is 53.4 Å². The van der Waals surface area contributed by atoms with Gasteiger partial charge in [0.15, 0.2) is 0 Å². The molecular weight excluding hydrogens is 332 g/mol. The van der Waals surface area contributed by atoms with E-state index in [0.29, 0.717) is 12.6 Å². The number of ether oxygens (including phenoxy) is 1. The zero-order valence-electron chi connectivity index (χ0n) is 14.7. The van der Waals surface area contributed by atoms with Crippen molar-refractivity contribution in [3.63, 3.8) is 0 Å². The Morgan fingerprint density at radius 3 is 2.76 bits per heavy atom. The van der Waals surface area contributed by atoms with Crippen LogP contribution in [0.5, 0.6) is 5.75 Å². The van der Waals surface area contributed by atoms with Crippen molar-refractivity contribution in [1.29, 1.82) is 0 Å². The predicted molar refractivity (Wildman–Crippen MR) is 103 cm³/mol. The smallest absolute Gasteiger partial charge is 0.238 e. The molecule has 1 aliphatic rings. The highest BCUT2D eigenvalue weighted by Gasteiger charge is 2.30. The normalized spacial score (nSPS) is 13.7. The molecule has 0 heterocycles. The molecule has 4 nitrogen and oxygen atoms in total. The number of para-hydroxylation sites is 1. The second-order valence-corrected chi connectivity index (χ2v) is 7.11. The van der Waals surface area contributed by atoms with Gasteiger partial charge in [0.05, 0.1) is 13.7 Å². The number of nitrogens with zero attached hydrogens (tertiary/aromatic N) is 1. The Kier molecular flexibility index (Phi) is 6.00. The van der Waals surface area contributed by atoms with Crippen LogP contribution in [0, 0.1) is 0 Å². The van der Waals surface area contributed by atoms with Gasteiger partial charge in [-0.25, -0.2) is 0 Å². The van der Waals surface area contributed by atoms with E-state index in [1.54, 1.807) is 18.9 Å². The lowest BCUT2D eigenvalue weighted by atomic mass is 10.2. The molecule has 0 spiro atoms. The van der Waals surface area contributed by atoms with Gasteiger partial charge in [-0.2, -0.15) is 0 Å². The van der Waals surface area contributed by atoms with E-state index in [1.807, 2.05) is 48.7 Å². The molecule has 132 valence electrons. The first kappa shape index (κ1) is 17.8. The molecule has 1 saturated carbocycles. The Hall–Kier alpha value is -1.98. The van der Waals surface area contributed by atoms with E-state index < -0.39 is 0 Å². The summed E-state index contributed by atoms with van der Waals surface area (Å²) in [6, 6.07) is 16.4. The lowest BCUT2D eigenvalue weighted by molar-refractivity contribution is -0.117. The molecule has 1 fully saturated rings. The summed E-state index contributed by atoms with van der Waals surface area (Å²) in [7, 11) is 1.69. The minimum absolute atomic E-state index is 0.0278. The number of hydrogen-bond donors (Lipinski definition) is 1. The third kappa shape index (κ3) is 5.00. The van der Waals surface area contributed by atoms with E-state index in [4.69, 9.17) is 4.74 Å². The van der Waals surface area contributed by atoms with Crippen molar-refractivity contribution in [2.75, 3.05) is 25.2 Å². The number of hydrogen-bond acceptors (Lipinski definition) is 4. The first-order valence-corrected chi connectivity index (χ1v) is 9.72. The molecule has 5 heteroatoms. The van der Waals surface area contributed by atoms with Gasteiger partial charge < -0.3 is 10.1 Å². The average Bonchev–Trinajstić information content (AvgIpc) is 3.47. The van der Waals surface area contributed by atoms with E-state index >= 15 is 0 Å². The Morgan fingerprint density at radius 2 is 2.04 bits per heavy atom. The quantitative estimate of drug-likeness (QED) is 0.726. The van der Waals surface area contributed by atoms with Crippen molar-refractivity contribution in [2.45, 2.75) is 30.3 Å². The van der Waals surface area contributed by atoms with Crippen LogP contribution in [-0.2, 0) is 11.3 Å². The van der Waals surface area contributed by atoms with Crippen LogP contribution in [-0.4, -0.2) is 36.8 Å². The van der Waals surface area contributed by atoms with Crippen molar-refractivity contribution >= 4 is 23.4 Å². The summed E-state index contributed by atoms with van der Waals surface area (Å²) in [6.07, 6.45) is 4.35. The Morgan fingerprint density at radius 1 is 1.24 bits per heavy atom. The number of thioether (sulfide) groups is 1. The van der Waals surface area contributed by atoms with Gasteiger partial charge in [-0.1, -0.05) is 24.3 Å². The fourth-order valence-electron chi connectivity index (χ4n) is 2.89. The summed E-state index contributed by atoms with van der Waals surface area (Å²) in [4.78, 5) is 15.9. The van der Waals surface area contributed by atoms with Gasteiger partial charge in [0.2, 0.25) is 5.91 Å². The van der Waals surface area contributed by atoms with Gasteiger partial charge in [-0.3, -0.25) is 9.69 Å². The molecule has 1 aliphatic carbocycles. The minimum Gasteiger partial charge on any atom is -0.496 e. The van der Waals surface area contributed by atoms with Gasteiger partial charge in [-0.05, 0) is 43.4 Å². The summed E-state index contributed by atoms with van der Waals surface area (Å²) < 4.78 is 5.44. The van der Waals surface area contributed by atoms with Crippen LogP contribution in [0.25, 0.3) is 0 Å². The second kappa shape index (κ2) is 8.41. The SMILES string of the molecule is COc1ccccc1CN(CC(=O)Nc1cccc(SC)c1)C1CC1. The first-order chi connectivity index (χ1) is 12.2. The molecule has 0 aromatic heterocycles. The van der Waals surface area contributed by atoms with Crippen LogP contribution in [0.3, 0.4) is 0 Å². The molecule has 0 radical (unpaired) electrons. The molecule has 0 unspecified atom stereocenters. The Labute approximate surface area is 153 Å². The monoisotopic (exact) mass is 356 g/mol. The molecule has 1 amide bonds. The highest BCUT2D eigenvalue weighted by molar-refractivity contribution is 7.98. The van der Waals surface area contributed by atoms with E-state index in [-0.39, 0.29) is 5.91 Å². The fraction of sp³-hybridized carbons (Fsp3) is 0.350. The lowest BCUT2D eigenvalue weighted by Gasteiger charge is -2.22. The highest BCUT2D eigenvalue weighted by Crippen LogP contribution is 2.30. The lowest BCUT2D eigenvalue weighted by Crippen LogP contribution is -2.34.